The lowest BCUT2D eigenvalue weighted by atomic mass is 10.1. The van der Waals surface area contributed by atoms with Crippen molar-refractivity contribution in [2.24, 2.45) is 0 Å². The Balaban J connectivity index is 2.35. The molecule has 0 spiro atoms. The maximum atomic E-state index is 12.6. The van der Waals surface area contributed by atoms with Crippen molar-refractivity contribution in [3.8, 4) is 22.8 Å². The minimum Gasteiger partial charge on any atom is -0.508 e. The van der Waals surface area contributed by atoms with E-state index in [1.807, 2.05) is 0 Å². The Morgan fingerprint density at radius 3 is 2.52 bits per heavy atom. The molecule has 0 bridgehead atoms. The van der Waals surface area contributed by atoms with E-state index in [2.05, 4.69) is 9.97 Å². The molecule has 0 amide bonds. The molecule has 3 rings (SSSR count). The van der Waals surface area contributed by atoms with Gasteiger partial charge in [0.2, 0.25) is 0 Å². The Labute approximate surface area is 128 Å². The molecule has 0 fully saturated rings. The number of phenolic OH excluding ortho intramolecular Hbond substituents is 2. The number of aromatic hydroxyl groups is 2. The van der Waals surface area contributed by atoms with Gasteiger partial charge in [-0.25, -0.2) is 9.97 Å². The molecule has 3 aromatic rings. The molecular weight excluding hydrogens is 302 g/mol. The highest BCUT2D eigenvalue weighted by molar-refractivity contribution is 5.77. The van der Waals surface area contributed by atoms with Gasteiger partial charge in [-0.05, 0) is 24.3 Å². The van der Waals surface area contributed by atoms with Gasteiger partial charge >= 0.3 is 5.97 Å². The lowest BCUT2D eigenvalue weighted by Crippen LogP contribution is -2.27. The third kappa shape index (κ3) is 2.69. The van der Waals surface area contributed by atoms with Crippen LogP contribution in [0.1, 0.15) is 0 Å². The van der Waals surface area contributed by atoms with E-state index in [0.717, 1.165) is 10.6 Å². The topological polar surface area (TPSA) is 126 Å². The average Bonchev–Trinajstić information content (AvgIpc) is 2.48. The fraction of sp³-hybridized carbons (Fsp3) is 0.0667. The monoisotopic (exact) mass is 313 g/mol. The van der Waals surface area contributed by atoms with Crippen molar-refractivity contribution in [2.75, 3.05) is 0 Å². The largest absolute Gasteiger partial charge is 0.508 e. The molecule has 8 nitrogen and oxygen atoms in total. The molecule has 1 aromatic carbocycles. The van der Waals surface area contributed by atoms with E-state index in [9.17, 15) is 19.8 Å². The fourth-order valence-electron chi connectivity index (χ4n) is 2.28. The SMILES string of the molecule is O=C(O)Cn1c(=O)c(-c2cc(O)cc(O)c2)nc2cccnc21. The number of pyridine rings is 1. The molecule has 0 radical (unpaired) electrons. The summed E-state index contributed by atoms with van der Waals surface area (Å²) in [5.41, 5.74) is -0.113. The third-order valence-corrected chi connectivity index (χ3v) is 3.17. The first kappa shape index (κ1) is 14.5. The van der Waals surface area contributed by atoms with Crippen molar-refractivity contribution in [2.45, 2.75) is 6.54 Å². The van der Waals surface area contributed by atoms with Crippen LogP contribution in [0.25, 0.3) is 22.4 Å². The van der Waals surface area contributed by atoms with E-state index in [4.69, 9.17) is 5.11 Å². The van der Waals surface area contributed by atoms with Crippen LogP contribution in [0.2, 0.25) is 0 Å². The first-order valence-electron chi connectivity index (χ1n) is 6.56. The summed E-state index contributed by atoms with van der Waals surface area (Å²) >= 11 is 0. The minimum atomic E-state index is -1.20. The number of carboxylic acids is 1. The van der Waals surface area contributed by atoms with Crippen molar-refractivity contribution < 1.29 is 20.1 Å². The number of phenols is 2. The Hall–Kier alpha value is -3.42. The van der Waals surface area contributed by atoms with Crippen LogP contribution in [-0.2, 0) is 11.3 Å². The standard InChI is InChI=1S/C15H11N3O5/c19-9-4-8(5-10(20)6-9)13-15(23)18(7-12(21)22)14-11(17-13)2-1-3-16-14/h1-6,19-20H,7H2,(H,21,22). The highest BCUT2D eigenvalue weighted by atomic mass is 16.4. The van der Waals surface area contributed by atoms with Crippen molar-refractivity contribution in [1.82, 2.24) is 14.5 Å². The summed E-state index contributed by atoms with van der Waals surface area (Å²) in [6.07, 6.45) is 1.43. The summed E-state index contributed by atoms with van der Waals surface area (Å²) < 4.78 is 0.987. The number of carbonyl (C=O) groups is 1. The minimum absolute atomic E-state index is 0.0852. The molecule has 8 heteroatoms. The second-order valence-corrected chi connectivity index (χ2v) is 4.83. The number of benzene rings is 1. The van der Waals surface area contributed by atoms with Gasteiger partial charge in [0.15, 0.2) is 5.65 Å². The molecule has 2 heterocycles. The van der Waals surface area contributed by atoms with Gasteiger partial charge < -0.3 is 15.3 Å². The number of hydrogen-bond acceptors (Lipinski definition) is 6. The number of nitrogens with zero attached hydrogens (tertiary/aromatic N) is 3. The second kappa shape index (κ2) is 5.41. The fourth-order valence-corrected chi connectivity index (χ4v) is 2.28. The molecule has 0 unspecified atom stereocenters. The van der Waals surface area contributed by atoms with Gasteiger partial charge in [0.25, 0.3) is 5.56 Å². The summed E-state index contributed by atoms with van der Waals surface area (Å²) in [5.74, 6) is -1.68. The average molecular weight is 313 g/mol. The number of fused-ring (bicyclic) bond motifs is 1. The zero-order valence-electron chi connectivity index (χ0n) is 11.7. The predicted octanol–water partition coefficient (Wildman–Crippen LogP) is 0.954. The molecule has 0 aliphatic carbocycles. The highest BCUT2D eigenvalue weighted by Gasteiger charge is 2.16. The number of hydrogen-bond donors (Lipinski definition) is 3. The van der Waals surface area contributed by atoms with Crippen molar-refractivity contribution in [3.63, 3.8) is 0 Å². The maximum Gasteiger partial charge on any atom is 0.323 e. The zero-order valence-corrected chi connectivity index (χ0v) is 11.7. The molecule has 0 atom stereocenters. The molecule has 0 aliphatic heterocycles. The van der Waals surface area contributed by atoms with E-state index in [1.165, 1.54) is 18.3 Å². The van der Waals surface area contributed by atoms with Crippen molar-refractivity contribution in [1.29, 1.82) is 0 Å². The van der Waals surface area contributed by atoms with Crippen molar-refractivity contribution in [3.05, 3.63) is 46.9 Å². The molecule has 0 saturated heterocycles. The summed E-state index contributed by atoms with van der Waals surface area (Å²) in [6, 6.07) is 6.83. The molecule has 0 aliphatic rings. The molecule has 3 N–H and O–H groups in total. The van der Waals surface area contributed by atoms with Gasteiger partial charge in [0.1, 0.15) is 29.3 Å². The Morgan fingerprint density at radius 1 is 1.17 bits per heavy atom. The van der Waals surface area contributed by atoms with Crippen LogP contribution >= 0.6 is 0 Å². The van der Waals surface area contributed by atoms with E-state index >= 15 is 0 Å². The summed E-state index contributed by atoms with van der Waals surface area (Å²) in [6.45, 7) is -0.577. The molecule has 0 saturated carbocycles. The summed E-state index contributed by atoms with van der Waals surface area (Å²) in [4.78, 5) is 31.8. The maximum absolute atomic E-state index is 12.6. The molecule has 2 aromatic heterocycles. The first-order chi connectivity index (χ1) is 11.0. The van der Waals surface area contributed by atoms with E-state index in [0.29, 0.717) is 5.52 Å². The summed E-state index contributed by atoms with van der Waals surface area (Å²) in [5, 5.41) is 28.2. The Bertz CT molecular complexity index is 960. The molecular formula is C15H11N3O5. The smallest absolute Gasteiger partial charge is 0.323 e. The molecule has 116 valence electrons. The number of rotatable bonds is 3. The Morgan fingerprint density at radius 2 is 1.87 bits per heavy atom. The van der Waals surface area contributed by atoms with Crippen LogP contribution in [0.4, 0.5) is 0 Å². The summed E-state index contributed by atoms with van der Waals surface area (Å²) in [7, 11) is 0. The van der Waals surface area contributed by atoms with Crippen LogP contribution < -0.4 is 5.56 Å². The Kier molecular flexibility index (Phi) is 3.41. The number of aromatic nitrogens is 3. The first-order valence-corrected chi connectivity index (χ1v) is 6.56. The molecule has 23 heavy (non-hydrogen) atoms. The quantitative estimate of drug-likeness (QED) is 0.657. The van der Waals surface area contributed by atoms with E-state index in [-0.39, 0.29) is 28.4 Å². The third-order valence-electron chi connectivity index (χ3n) is 3.17. The van der Waals surface area contributed by atoms with Crippen LogP contribution in [0.15, 0.2) is 41.3 Å². The van der Waals surface area contributed by atoms with E-state index in [1.54, 1.807) is 12.1 Å². The van der Waals surface area contributed by atoms with Crippen LogP contribution in [0.5, 0.6) is 11.5 Å². The highest BCUT2D eigenvalue weighted by Crippen LogP contribution is 2.26. The lowest BCUT2D eigenvalue weighted by Gasteiger charge is -2.10. The number of aliphatic carboxylic acids is 1. The van der Waals surface area contributed by atoms with E-state index < -0.39 is 18.1 Å². The zero-order chi connectivity index (χ0) is 16.6. The second-order valence-electron chi connectivity index (χ2n) is 4.83. The van der Waals surface area contributed by atoms with Gasteiger partial charge in [-0.2, -0.15) is 0 Å². The van der Waals surface area contributed by atoms with Gasteiger partial charge in [0, 0.05) is 17.8 Å². The number of carboxylic acid groups (broad SMARTS) is 1. The normalized spacial score (nSPS) is 10.8. The van der Waals surface area contributed by atoms with Gasteiger partial charge in [-0.15, -0.1) is 0 Å². The lowest BCUT2D eigenvalue weighted by molar-refractivity contribution is -0.137. The predicted molar refractivity (Wildman–Crippen MR) is 80.2 cm³/mol. The van der Waals surface area contributed by atoms with Gasteiger partial charge in [0.05, 0.1) is 0 Å². The van der Waals surface area contributed by atoms with Gasteiger partial charge in [-0.1, -0.05) is 0 Å². The van der Waals surface area contributed by atoms with Crippen LogP contribution in [-0.4, -0.2) is 35.8 Å². The van der Waals surface area contributed by atoms with Crippen LogP contribution in [0, 0.1) is 0 Å². The van der Waals surface area contributed by atoms with Gasteiger partial charge in [-0.3, -0.25) is 14.2 Å². The van der Waals surface area contributed by atoms with Crippen molar-refractivity contribution >= 4 is 17.1 Å². The van der Waals surface area contributed by atoms with Crippen LogP contribution in [0.3, 0.4) is 0 Å².